The molecule has 0 saturated carbocycles. The molecule has 0 bridgehead atoms. The summed E-state index contributed by atoms with van der Waals surface area (Å²) in [6.07, 6.45) is 2.55. The van der Waals surface area contributed by atoms with Crippen molar-refractivity contribution < 1.29 is 9.90 Å². The lowest BCUT2D eigenvalue weighted by Crippen LogP contribution is -2.45. The van der Waals surface area contributed by atoms with E-state index in [4.69, 9.17) is 5.26 Å². The van der Waals surface area contributed by atoms with Gasteiger partial charge in [0, 0.05) is 6.54 Å². The van der Waals surface area contributed by atoms with Gasteiger partial charge in [-0.3, -0.25) is 0 Å². The first-order valence-corrected chi connectivity index (χ1v) is 6.13. The summed E-state index contributed by atoms with van der Waals surface area (Å²) in [5, 5.41) is 18.4. The topological polar surface area (TPSA) is 64.3 Å². The highest BCUT2D eigenvalue weighted by Crippen LogP contribution is 2.28. The molecule has 1 aliphatic rings. The molecule has 1 N–H and O–H groups in total. The third-order valence-electron chi connectivity index (χ3n) is 3.37. The molecule has 1 aromatic carbocycles. The van der Waals surface area contributed by atoms with Crippen LogP contribution in [0.3, 0.4) is 0 Å². The third kappa shape index (κ3) is 2.30. The van der Waals surface area contributed by atoms with Crippen LogP contribution in [0.15, 0.2) is 18.2 Å². The normalized spacial score (nSPS) is 19.3. The Morgan fingerprint density at radius 1 is 1.50 bits per heavy atom. The molecule has 18 heavy (non-hydrogen) atoms. The standard InChI is InChI=1S/C14H16N2O2/c1-10-5-6-11(9-15)13(8-10)16-7-3-2-4-12(16)14(17)18/h5-6,8,12H,2-4,7H2,1H3,(H,17,18). The number of piperidine rings is 1. The Morgan fingerprint density at radius 3 is 2.94 bits per heavy atom. The van der Waals surface area contributed by atoms with E-state index in [1.165, 1.54) is 0 Å². The SMILES string of the molecule is Cc1ccc(C#N)c(N2CCCCC2C(=O)O)c1. The molecule has 94 valence electrons. The van der Waals surface area contributed by atoms with Gasteiger partial charge in [0.1, 0.15) is 12.1 Å². The maximum atomic E-state index is 11.3. The predicted octanol–water partition coefficient (Wildman–Crippen LogP) is 2.31. The molecule has 1 aliphatic heterocycles. The van der Waals surface area contributed by atoms with Gasteiger partial charge in [-0.1, -0.05) is 6.07 Å². The van der Waals surface area contributed by atoms with Crippen molar-refractivity contribution in [3.05, 3.63) is 29.3 Å². The van der Waals surface area contributed by atoms with E-state index in [0.29, 0.717) is 18.5 Å². The number of anilines is 1. The first-order chi connectivity index (χ1) is 8.63. The van der Waals surface area contributed by atoms with Crippen LogP contribution < -0.4 is 4.90 Å². The number of hydrogen-bond acceptors (Lipinski definition) is 3. The van der Waals surface area contributed by atoms with E-state index in [1.807, 2.05) is 24.0 Å². The van der Waals surface area contributed by atoms with Crippen LogP contribution in [0.5, 0.6) is 0 Å². The molecule has 0 aromatic heterocycles. The number of carbonyl (C=O) groups is 1. The number of carboxylic acid groups (broad SMARTS) is 1. The number of rotatable bonds is 2. The van der Waals surface area contributed by atoms with Gasteiger partial charge in [0.25, 0.3) is 0 Å². The van der Waals surface area contributed by atoms with Gasteiger partial charge in [-0.25, -0.2) is 4.79 Å². The number of nitrogens with zero attached hydrogens (tertiary/aromatic N) is 2. The minimum Gasteiger partial charge on any atom is -0.480 e. The summed E-state index contributed by atoms with van der Waals surface area (Å²) in [6, 6.07) is 7.18. The Labute approximate surface area is 106 Å². The lowest BCUT2D eigenvalue weighted by molar-refractivity contribution is -0.139. The molecular formula is C14H16N2O2. The number of benzene rings is 1. The second-order valence-electron chi connectivity index (χ2n) is 4.68. The zero-order valence-electron chi connectivity index (χ0n) is 10.4. The van der Waals surface area contributed by atoms with Gasteiger partial charge in [0.15, 0.2) is 0 Å². The average molecular weight is 244 g/mol. The van der Waals surface area contributed by atoms with Gasteiger partial charge in [0.05, 0.1) is 11.3 Å². The minimum atomic E-state index is -0.805. The summed E-state index contributed by atoms with van der Waals surface area (Å²) >= 11 is 0. The number of carboxylic acids is 1. The molecule has 0 aliphatic carbocycles. The minimum absolute atomic E-state index is 0.507. The van der Waals surface area contributed by atoms with Crippen LogP contribution in [0.4, 0.5) is 5.69 Å². The Morgan fingerprint density at radius 2 is 2.28 bits per heavy atom. The third-order valence-corrected chi connectivity index (χ3v) is 3.37. The van der Waals surface area contributed by atoms with Crippen LogP contribution in [-0.4, -0.2) is 23.7 Å². The summed E-state index contributed by atoms with van der Waals surface area (Å²) in [5.41, 5.74) is 2.34. The highest BCUT2D eigenvalue weighted by Gasteiger charge is 2.29. The predicted molar refractivity (Wildman–Crippen MR) is 68.5 cm³/mol. The van der Waals surface area contributed by atoms with E-state index < -0.39 is 12.0 Å². The Bertz CT molecular complexity index is 505. The molecule has 0 amide bonds. The Balaban J connectivity index is 2.42. The van der Waals surface area contributed by atoms with Crippen molar-refractivity contribution in [2.75, 3.05) is 11.4 Å². The maximum absolute atomic E-state index is 11.3. The van der Waals surface area contributed by atoms with Crippen molar-refractivity contribution in [1.82, 2.24) is 0 Å². The number of aryl methyl sites for hydroxylation is 1. The van der Waals surface area contributed by atoms with E-state index in [9.17, 15) is 9.90 Å². The van der Waals surface area contributed by atoms with Gasteiger partial charge in [-0.15, -0.1) is 0 Å². The van der Waals surface area contributed by atoms with Crippen LogP contribution in [0, 0.1) is 18.3 Å². The second kappa shape index (κ2) is 5.09. The number of aliphatic carboxylic acids is 1. The highest BCUT2D eigenvalue weighted by atomic mass is 16.4. The highest BCUT2D eigenvalue weighted by molar-refractivity contribution is 5.79. The van der Waals surface area contributed by atoms with E-state index in [2.05, 4.69) is 6.07 Å². The van der Waals surface area contributed by atoms with Crippen molar-refractivity contribution >= 4 is 11.7 Å². The monoisotopic (exact) mass is 244 g/mol. The smallest absolute Gasteiger partial charge is 0.326 e. The first-order valence-electron chi connectivity index (χ1n) is 6.13. The average Bonchev–Trinajstić information content (AvgIpc) is 2.38. The molecule has 4 nitrogen and oxygen atoms in total. The van der Waals surface area contributed by atoms with E-state index >= 15 is 0 Å². The van der Waals surface area contributed by atoms with Gasteiger partial charge < -0.3 is 10.0 Å². The van der Waals surface area contributed by atoms with E-state index in [-0.39, 0.29) is 0 Å². The fourth-order valence-corrected chi connectivity index (χ4v) is 2.45. The molecule has 2 rings (SSSR count). The van der Waals surface area contributed by atoms with Crippen molar-refractivity contribution in [1.29, 1.82) is 5.26 Å². The molecule has 1 saturated heterocycles. The Hall–Kier alpha value is -2.02. The van der Waals surface area contributed by atoms with E-state index in [1.54, 1.807) is 6.07 Å². The molecule has 1 heterocycles. The van der Waals surface area contributed by atoms with Gasteiger partial charge in [-0.05, 0) is 43.9 Å². The van der Waals surface area contributed by atoms with Crippen molar-refractivity contribution in [2.45, 2.75) is 32.2 Å². The van der Waals surface area contributed by atoms with Gasteiger partial charge in [-0.2, -0.15) is 5.26 Å². The maximum Gasteiger partial charge on any atom is 0.326 e. The Kier molecular flexibility index (Phi) is 3.52. The van der Waals surface area contributed by atoms with Crippen LogP contribution in [-0.2, 0) is 4.79 Å². The quantitative estimate of drug-likeness (QED) is 0.867. The van der Waals surface area contributed by atoms with Gasteiger partial charge in [0.2, 0.25) is 0 Å². The number of nitriles is 1. The summed E-state index contributed by atoms with van der Waals surface area (Å²) in [6.45, 7) is 2.65. The molecular weight excluding hydrogens is 228 g/mol. The van der Waals surface area contributed by atoms with Gasteiger partial charge >= 0.3 is 5.97 Å². The van der Waals surface area contributed by atoms with Crippen molar-refractivity contribution in [3.8, 4) is 6.07 Å². The zero-order chi connectivity index (χ0) is 13.1. The van der Waals surface area contributed by atoms with Crippen LogP contribution in [0.25, 0.3) is 0 Å². The summed E-state index contributed by atoms with van der Waals surface area (Å²) in [5.74, 6) is -0.805. The lowest BCUT2D eigenvalue weighted by atomic mass is 9.99. The number of hydrogen-bond donors (Lipinski definition) is 1. The molecule has 0 spiro atoms. The molecule has 4 heteroatoms. The summed E-state index contributed by atoms with van der Waals surface area (Å²) < 4.78 is 0. The molecule has 1 fully saturated rings. The largest absolute Gasteiger partial charge is 0.480 e. The second-order valence-corrected chi connectivity index (χ2v) is 4.68. The van der Waals surface area contributed by atoms with Crippen molar-refractivity contribution in [2.24, 2.45) is 0 Å². The zero-order valence-corrected chi connectivity index (χ0v) is 10.4. The molecule has 1 aromatic rings. The lowest BCUT2D eigenvalue weighted by Gasteiger charge is -2.35. The summed E-state index contributed by atoms with van der Waals surface area (Å²) in [4.78, 5) is 13.2. The first kappa shape index (κ1) is 12.4. The van der Waals surface area contributed by atoms with Crippen LogP contribution in [0.1, 0.15) is 30.4 Å². The molecule has 1 atom stereocenters. The fourth-order valence-electron chi connectivity index (χ4n) is 2.45. The fraction of sp³-hybridized carbons (Fsp3) is 0.429. The summed E-state index contributed by atoms with van der Waals surface area (Å²) in [7, 11) is 0. The molecule has 1 unspecified atom stereocenters. The van der Waals surface area contributed by atoms with Crippen molar-refractivity contribution in [3.63, 3.8) is 0 Å². The van der Waals surface area contributed by atoms with Crippen LogP contribution in [0.2, 0.25) is 0 Å². The van der Waals surface area contributed by atoms with Crippen LogP contribution >= 0.6 is 0 Å². The van der Waals surface area contributed by atoms with E-state index in [0.717, 1.165) is 24.1 Å². The molecule has 0 radical (unpaired) electrons.